The van der Waals surface area contributed by atoms with Gasteiger partial charge >= 0.3 is 0 Å². The number of benzene rings is 8. The third-order valence-electron chi connectivity index (χ3n) is 11.6. The van der Waals surface area contributed by atoms with Gasteiger partial charge in [0.25, 0.3) is 0 Å². The first-order valence-electron chi connectivity index (χ1n) is 21.4. The van der Waals surface area contributed by atoms with Crippen LogP contribution in [0.25, 0.3) is 45.5 Å². The Hall–Kier alpha value is -6.18. The minimum atomic E-state index is -1.24. The van der Waals surface area contributed by atoms with Crippen LogP contribution < -0.4 is 15.3 Å². The molecule has 0 spiro atoms. The summed E-state index contributed by atoms with van der Waals surface area (Å²) in [5.74, 6) is 0. The molecule has 0 saturated heterocycles. The maximum absolute atomic E-state index is 2.44. The highest BCUT2D eigenvalue weighted by Crippen LogP contribution is 2.61. The summed E-state index contributed by atoms with van der Waals surface area (Å²) < 4.78 is 0. The van der Waals surface area contributed by atoms with Crippen molar-refractivity contribution in [3.8, 4) is 33.4 Å². The molecule has 61 heavy (non-hydrogen) atoms. The quantitative estimate of drug-likeness (QED) is 0.0826. The number of allylic oxidation sites excluding steroid dienone is 1. The number of para-hydroxylation sites is 2. The molecule has 0 aliphatic rings. The van der Waals surface area contributed by atoms with E-state index in [1.54, 1.807) is 0 Å². The molecule has 0 heterocycles. The Bertz CT molecular complexity index is 2700. The van der Waals surface area contributed by atoms with E-state index < -0.39 is 18.8 Å². The van der Waals surface area contributed by atoms with Crippen molar-refractivity contribution in [3.05, 3.63) is 223 Å². The minimum Gasteiger partial charge on any atom is -0.311 e. The van der Waals surface area contributed by atoms with E-state index in [1.165, 1.54) is 70.4 Å². The number of rotatable bonds is 13. The fraction of sp³-hybridized carbons (Fsp3) is 0.0877. The summed E-state index contributed by atoms with van der Waals surface area (Å²) in [4.78, 5) is 5.13. The fourth-order valence-corrected chi connectivity index (χ4v) is 12.9. The number of nitrogens with zero attached hydrogens (tertiary/aromatic N) is 1. The Kier molecular flexibility index (Phi) is 13.0. The molecule has 0 aliphatic heterocycles. The summed E-state index contributed by atoms with van der Waals surface area (Å²) in [6, 6.07) is 73.7. The van der Waals surface area contributed by atoms with Crippen molar-refractivity contribution in [3.63, 3.8) is 0 Å². The van der Waals surface area contributed by atoms with Gasteiger partial charge in [-0.25, -0.2) is 0 Å². The van der Waals surface area contributed by atoms with Crippen LogP contribution >= 0.6 is 10.0 Å². The largest absolute Gasteiger partial charge is 0.311 e. The molecular formula is C57H55NSSi2. The number of hydrogen-bond donors (Lipinski definition) is 0. The molecule has 1 nitrogen and oxygen atoms in total. The fourth-order valence-electron chi connectivity index (χ4n) is 8.17. The zero-order valence-electron chi connectivity index (χ0n) is 36.0. The monoisotopic (exact) mass is 841 g/mol. The van der Waals surface area contributed by atoms with Crippen LogP contribution in [0.2, 0.25) is 13.1 Å². The van der Waals surface area contributed by atoms with E-state index in [1.807, 2.05) is 0 Å². The van der Waals surface area contributed by atoms with Crippen LogP contribution in [0.5, 0.6) is 0 Å². The average molecular weight is 842 g/mol. The SMILES string of the molecule is CC/C=C/S(C)(c1ccccc1)c1ccc(-c2ccc(-c3ccc(/C=C/c4ccc(-c5ccc(N(c6ccccc6)c6ccccc6)cc5[SiH](C)C)cc4)cc3[SiH3])cc2)cc1. The summed E-state index contributed by atoms with van der Waals surface area (Å²) in [6.45, 7) is 7.06. The Morgan fingerprint density at radius 2 is 0.967 bits per heavy atom. The van der Waals surface area contributed by atoms with Gasteiger partial charge in [0.2, 0.25) is 0 Å². The van der Waals surface area contributed by atoms with Gasteiger partial charge in [-0.3, -0.25) is 0 Å². The van der Waals surface area contributed by atoms with Crippen LogP contribution in [0, 0.1) is 0 Å². The highest BCUT2D eigenvalue weighted by atomic mass is 32.3. The van der Waals surface area contributed by atoms with Gasteiger partial charge in [0.1, 0.15) is 0 Å². The molecule has 1 atom stereocenters. The van der Waals surface area contributed by atoms with E-state index >= 15 is 0 Å². The van der Waals surface area contributed by atoms with Crippen molar-refractivity contribution >= 4 is 68.7 Å². The Morgan fingerprint density at radius 3 is 1.54 bits per heavy atom. The van der Waals surface area contributed by atoms with Gasteiger partial charge in [-0.2, -0.15) is 10.0 Å². The van der Waals surface area contributed by atoms with Gasteiger partial charge in [0, 0.05) is 27.3 Å². The van der Waals surface area contributed by atoms with E-state index in [2.05, 4.69) is 255 Å². The molecule has 0 amide bonds. The molecule has 0 N–H and O–H groups in total. The Morgan fingerprint density at radius 1 is 0.492 bits per heavy atom. The van der Waals surface area contributed by atoms with E-state index in [9.17, 15) is 0 Å². The third-order valence-corrected chi connectivity index (χ3v) is 17.4. The van der Waals surface area contributed by atoms with Crippen LogP contribution in [0.1, 0.15) is 24.5 Å². The second-order valence-corrected chi connectivity index (χ2v) is 23.3. The summed E-state index contributed by atoms with van der Waals surface area (Å²) in [6.07, 6.45) is 10.2. The average Bonchev–Trinajstić information content (AvgIpc) is 3.31. The first-order valence-corrected chi connectivity index (χ1v) is 27.4. The molecule has 302 valence electrons. The molecule has 1 unspecified atom stereocenters. The van der Waals surface area contributed by atoms with Crippen molar-refractivity contribution in [2.75, 3.05) is 11.2 Å². The standard InChI is InChI=1S/C57H55NSSi2/c1-5-6-40-59(2,52-20-14-9-15-21-52)53-36-33-46(34-37-53)45-29-31-47(32-30-45)54-38-26-44(41-56(54)60)23-22-43-24-27-48(28-25-43)55-39-35-51(42-57(55)61(3)4)58(49-16-10-7-11-17-49)50-18-12-8-13-19-50/h6-42,61H,5H2,1-4,60H3/b23-22+,40-6+. The molecule has 4 heteroatoms. The van der Waals surface area contributed by atoms with Gasteiger partial charge in [-0.05, 0) is 133 Å². The zero-order valence-corrected chi connectivity index (χ0v) is 40.0. The molecule has 8 rings (SSSR count). The van der Waals surface area contributed by atoms with Crippen LogP contribution in [-0.2, 0) is 0 Å². The van der Waals surface area contributed by atoms with Crippen molar-refractivity contribution < 1.29 is 0 Å². The maximum atomic E-state index is 2.44. The normalized spacial score (nSPS) is 13.1. The first kappa shape index (κ1) is 41.6. The molecular weight excluding hydrogens is 787 g/mol. The van der Waals surface area contributed by atoms with Crippen molar-refractivity contribution in [1.29, 1.82) is 0 Å². The Balaban J connectivity index is 0.959. The highest BCUT2D eigenvalue weighted by Gasteiger charge is 2.21. The molecule has 8 aromatic carbocycles. The summed E-state index contributed by atoms with van der Waals surface area (Å²) in [5, 5.41) is 5.32. The second-order valence-electron chi connectivity index (χ2n) is 16.1. The van der Waals surface area contributed by atoms with E-state index in [-0.39, 0.29) is 0 Å². The smallest absolute Gasteiger partial charge is 0.0656 e. The summed E-state index contributed by atoms with van der Waals surface area (Å²) >= 11 is 0. The molecule has 0 fully saturated rings. The summed E-state index contributed by atoms with van der Waals surface area (Å²) in [5.41, 5.74) is 13.7. The molecule has 0 bridgehead atoms. The van der Waals surface area contributed by atoms with E-state index in [4.69, 9.17) is 0 Å². The van der Waals surface area contributed by atoms with Crippen LogP contribution in [-0.4, -0.2) is 25.3 Å². The Labute approximate surface area is 370 Å². The van der Waals surface area contributed by atoms with Crippen molar-refractivity contribution in [2.24, 2.45) is 0 Å². The molecule has 0 aromatic heterocycles. The van der Waals surface area contributed by atoms with E-state index in [0.717, 1.165) is 28.0 Å². The van der Waals surface area contributed by atoms with Gasteiger partial charge in [-0.1, -0.05) is 188 Å². The van der Waals surface area contributed by atoms with Gasteiger partial charge < -0.3 is 4.90 Å². The zero-order chi connectivity index (χ0) is 42.2. The molecule has 8 aromatic rings. The predicted octanol–water partition coefficient (Wildman–Crippen LogP) is 13.8. The minimum absolute atomic E-state index is 0.972. The molecule has 0 saturated carbocycles. The molecule has 0 aliphatic carbocycles. The second kappa shape index (κ2) is 19.0. The number of anilines is 3. The lowest BCUT2D eigenvalue weighted by Gasteiger charge is -2.34. The van der Waals surface area contributed by atoms with Crippen molar-refractivity contribution in [2.45, 2.75) is 36.2 Å². The van der Waals surface area contributed by atoms with E-state index in [0.29, 0.717) is 0 Å². The van der Waals surface area contributed by atoms with Gasteiger partial charge in [0.05, 0.1) is 8.80 Å². The summed E-state index contributed by atoms with van der Waals surface area (Å²) in [7, 11) is -1.44. The maximum Gasteiger partial charge on any atom is 0.0656 e. The first-order chi connectivity index (χ1) is 29.8. The van der Waals surface area contributed by atoms with Gasteiger partial charge in [0.15, 0.2) is 0 Å². The van der Waals surface area contributed by atoms with Crippen LogP contribution in [0.3, 0.4) is 0 Å². The third kappa shape index (κ3) is 9.43. The lowest BCUT2D eigenvalue weighted by molar-refractivity contribution is 1.23. The van der Waals surface area contributed by atoms with Crippen LogP contribution in [0.15, 0.2) is 221 Å². The highest BCUT2D eigenvalue weighted by molar-refractivity contribution is 8.35. The van der Waals surface area contributed by atoms with Crippen molar-refractivity contribution in [1.82, 2.24) is 0 Å². The van der Waals surface area contributed by atoms with Gasteiger partial charge in [-0.15, -0.1) is 0 Å². The lowest BCUT2D eigenvalue weighted by atomic mass is 9.99. The molecule has 0 radical (unpaired) electrons. The lowest BCUT2D eigenvalue weighted by Crippen LogP contribution is -2.26. The number of hydrogen-bond acceptors (Lipinski definition) is 1. The van der Waals surface area contributed by atoms with Crippen LogP contribution in [0.4, 0.5) is 17.1 Å². The topological polar surface area (TPSA) is 3.24 Å². The predicted molar refractivity (Wildman–Crippen MR) is 277 cm³/mol.